The molecule has 3 aromatic carbocycles. The number of phenols is 2. The quantitative estimate of drug-likeness (QED) is 0.0269. The van der Waals surface area contributed by atoms with Crippen LogP contribution in [0.3, 0.4) is 0 Å². The smallest absolute Gasteiger partial charge is 0.407 e. The summed E-state index contributed by atoms with van der Waals surface area (Å²) in [4.78, 5) is 131. The van der Waals surface area contributed by atoms with Gasteiger partial charge in [-0.3, -0.25) is 43.3 Å². The van der Waals surface area contributed by atoms with E-state index >= 15 is 0 Å². The number of aliphatic hydroxyl groups excluding tert-OH is 2. The molecule has 2 heterocycles. The first-order chi connectivity index (χ1) is 39.0. The lowest BCUT2D eigenvalue weighted by Gasteiger charge is -2.42. The molecule has 0 bridgehead atoms. The van der Waals surface area contributed by atoms with Gasteiger partial charge in [-0.05, 0) is 62.3 Å². The molecule has 8 atom stereocenters. The molecule has 8 unspecified atom stereocenters. The summed E-state index contributed by atoms with van der Waals surface area (Å²) in [5.41, 5.74) is 1.50. The number of rotatable bonds is 24. The van der Waals surface area contributed by atoms with Crippen molar-refractivity contribution in [3.8, 4) is 17.2 Å². The third-order valence-corrected chi connectivity index (χ3v) is 14.7. The molecule has 0 radical (unpaired) electrons. The molecule has 0 spiro atoms. The summed E-state index contributed by atoms with van der Waals surface area (Å²) >= 11 is 0. The van der Waals surface area contributed by atoms with Gasteiger partial charge in [0.1, 0.15) is 54.3 Å². The Hall–Kier alpha value is -8.30. The van der Waals surface area contributed by atoms with Crippen molar-refractivity contribution in [3.63, 3.8) is 0 Å². The van der Waals surface area contributed by atoms with Crippen LogP contribution in [0.1, 0.15) is 127 Å². The average Bonchev–Trinajstić information content (AvgIpc) is 1.70. The Morgan fingerprint density at radius 3 is 2.23 bits per heavy atom. The standard InChI is InChI=1S/C56H67N7O19/c1-27(2)46(62-38(66)13-6-5-7-21-63-39(67)18-19-40(63)68)53(75)60-33(11-9-20-58-54(57)76)52(74)59-30-16-14-29(15-17-30)26-80-55(77)61-34-22-41(81-28(3)47(34)69)82-36-24-56(78,37(65)25-64)23-32-43(36)51(73)45-44(49(32)71)48(70)31-10-8-12-35(79-4)42(31)50(45)72/h8,10,12,14-19,27-28,33-34,36,41,46-47,64,69,71,73,78H,5-7,9,11,13,20-26H2,1-4H3,(H,59,74)(H,60,75)(H,61,77)(H,62,66)(H3,57,58,76). The molecule has 1 saturated heterocycles. The second-order valence-corrected chi connectivity index (χ2v) is 20.8. The van der Waals surface area contributed by atoms with Crippen LogP contribution in [-0.2, 0) is 56.0 Å². The van der Waals surface area contributed by atoms with Crippen LogP contribution in [0.5, 0.6) is 17.2 Å². The van der Waals surface area contributed by atoms with Gasteiger partial charge in [-0.25, -0.2) is 9.59 Å². The van der Waals surface area contributed by atoms with E-state index in [2.05, 4.69) is 26.6 Å². The number of hydrogen-bond acceptors (Lipinski definition) is 19. The first-order valence-corrected chi connectivity index (χ1v) is 26.7. The number of aliphatic hydroxyl groups is 3. The zero-order chi connectivity index (χ0) is 59.7. The number of anilines is 1. The van der Waals surface area contributed by atoms with E-state index in [9.17, 15) is 73.5 Å². The first kappa shape index (κ1) is 61.3. The molecule has 82 heavy (non-hydrogen) atoms. The second kappa shape index (κ2) is 26.5. The Balaban J connectivity index is 0.959. The Kier molecular flexibility index (Phi) is 19.8. The van der Waals surface area contributed by atoms with E-state index in [1.54, 1.807) is 26.0 Å². The predicted molar refractivity (Wildman–Crippen MR) is 286 cm³/mol. The monoisotopic (exact) mass is 1140 g/mol. The van der Waals surface area contributed by atoms with Crippen molar-refractivity contribution in [2.24, 2.45) is 11.7 Å². The minimum absolute atomic E-state index is 0.0191. The van der Waals surface area contributed by atoms with Crippen LogP contribution in [0, 0.1) is 5.92 Å². The first-order valence-electron chi connectivity index (χ1n) is 26.7. The number of Topliss-reactive ketones (excluding diaryl/α,β-unsaturated/α-hetero) is 1. The maximum atomic E-state index is 14.1. The van der Waals surface area contributed by atoms with Gasteiger partial charge in [-0.2, -0.15) is 0 Å². The molecule has 0 aromatic heterocycles. The number of methoxy groups -OCH3 is 1. The number of ketones is 3. The zero-order valence-electron chi connectivity index (χ0n) is 45.5. The van der Waals surface area contributed by atoms with E-state index < -0.39 is 144 Å². The third kappa shape index (κ3) is 13.9. The predicted octanol–water partition coefficient (Wildman–Crippen LogP) is 1.47. The summed E-state index contributed by atoms with van der Waals surface area (Å²) in [6.45, 7) is 3.78. The van der Waals surface area contributed by atoms with Crippen LogP contribution in [0.4, 0.5) is 15.3 Å². The van der Waals surface area contributed by atoms with Crippen LogP contribution in [0.2, 0.25) is 0 Å². The SMILES string of the molecule is COc1cccc2c1C(=O)c1c(O)c3c(c(O)c1C2=O)CC(O)(C(=O)CO)CC3OC1CC(NC(=O)OCc2ccc(NC(=O)C(CCCNC(N)=O)NC(=O)C(NC(=O)CCCCCN3C(=O)C=CC3=O)C(C)C)cc2)C(O)C(C)O1. The maximum absolute atomic E-state index is 14.1. The summed E-state index contributed by atoms with van der Waals surface area (Å²) in [6, 6.07) is 6.27. The number of hydrogen-bond donors (Lipinski definition) is 11. The normalized spacial score (nSPS) is 21.6. The number of nitrogens with one attached hydrogen (secondary N) is 5. The van der Waals surface area contributed by atoms with Gasteiger partial charge >= 0.3 is 12.1 Å². The lowest BCUT2D eigenvalue weighted by molar-refractivity contribution is -0.249. The number of aromatic hydroxyl groups is 2. The van der Waals surface area contributed by atoms with E-state index in [1.807, 2.05) is 0 Å². The molecule has 3 aromatic rings. The summed E-state index contributed by atoms with van der Waals surface area (Å²) in [7, 11) is 1.28. The highest BCUT2D eigenvalue weighted by molar-refractivity contribution is 6.31. The van der Waals surface area contributed by atoms with Gasteiger partial charge in [0, 0.05) is 73.3 Å². The number of ether oxygens (including phenoxy) is 4. The number of nitrogens with zero attached hydrogens (tertiary/aromatic N) is 1. The van der Waals surface area contributed by atoms with Crippen LogP contribution in [-0.4, -0.2) is 158 Å². The van der Waals surface area contributed by atoms with Crippen molar-refractivity contribution in [3.05, 3.63) is 93.6 Å². The van der Waals surface area contributed by atoms with Crippen LogP contribution >= 0.6 is 0 Å². The van der Waals surface area contributed by atoms with Gasteiger partial charge < -0.3 is 76.8 Å². The molecular weight excluding hydrogens is 1070 g/mol. The van der Waals surface area contributed by atoms with Gasteiger partial charge in [0.2, 0.25) is 23.5 Å². The largest absolute Gasteiger partial charge is 0.507 e. The highest BCUT2D eigenvalue weighted by Gasteiger charge is 2.50. The fourth-order valence-electron chi connectivity index (χ4n) is 10.3. The number of primary amides is 1. The Bertz CT molecular complexity index is 3020. The highest BCUT2D eigenvalue weighted by atomic mass is 16.7. The molecular formula is C56H67N7O19. The zero-order valence-corrected chi connectivity index (χ0v) is 45.5. The summed E-state index contributed by atoms with van der Waals surface area (Å²) in [5.74, 6) is -7.22. The van der Waals surface area contributed by atoms with E-state index in [0.29, 0.717) is 24.8 Å². The van der Waals surface area contributed by atoms with Crippen LogP contribution in [0.15, 0.2) is 54.6 Å². The number of alkyl carbamates (subject to hydrolysis) is 1. The number of benzene rings is 3. The molecule has 0 saturated carbocycles. The Morgan fingerprint density at radius 1 is 0.878 bits per heavy atom. The second-order valence-electron chi connectivity index (χ2n) is 20.8. The molecule has 440 valence electrons. The fraction of sp³-hybridized carbons (Fsp3) is 0.464. The summed E-state index contributed by atoms with van der Waals surface area (Å²) in [6.07, 6.45) is -3.74. The van der Waals surface area contributed by atoms with E-state index in [-0.39, 0.29) is 90.9 Å². The van der Waals surface area contributed by atoms with Crippen LogP contribution in [0.25, 0.3) is 0 Å². The molecule has 12 N–H and O–H groups in total. The molecule has 4 aliphatic rings. The number of imide groups is 1. The van der Waals surface area contributed by atoms with Crippen molar-refractivity contribution in [2.75, 3.05) is 32.1 Å². The van der Waals surface area contributed by atoms with E-state index in [0.717, 1.165) is 4.90 Å². The number of unbranched alkanes of at least 4 members (excludes halogenated alkanes) is 2. The molecule has 26 heteroatoms. The molecule has 26 nitrogen and oxygen atoms in total. The molecule has 2 aliphatic heterocycles. The Labute approximate surface area is 470 Å². The van der Waals surface area contributed by atoms with Gasteiger partial charge in [0.25, 0.3) is 11.8 Å². The lowest BCUT2D eigenvalue weighted by atomic mass is 9.72. The minimum Gasteiger partial charge on any atom is -0.507 e. The van der Waals surface area contributed by atoms with Crippen molar-refractivity contribution >= 4 is 64.7 Å². The van der Waals surface area contributed by atoms with Crippen molar-refractivity contribution < 1.29 is 92.4 Å². The van der Waals surface area contributed by atoms with Gasteiger partial charge in [0.05, 0.1) is 42.0 Å². The van der Waals surface area contributed by atoms with Crippen molar-refractivity contribution in [1.82, 2.24) is 26.2 Å². The number of carbonyl (C=O) groups excluding carboxylic acids is 10. The summed E-state index contributed by atoms with van der Waals surface area (Å²) < 4.78 is 23.0. The van der Waals surface area contributed by atoms with Crippen LogP contribution < -0.4 is 37.1 Å². The van der Waals surface area contributed by atoms with Gasteiger partial charge in [-0.1, -0.05) is 44.5 Å². The number of urea groups is 1. The summed E-state index contributed by atoms with van der Waals surface area (Å²) in [5, 5.41) is 69.4. The highest BCUT2D eigenvalue weighted by Crippen LogP contribution is 2.52. The molecule has 8 amide bonds. The van der Waals surface area contributed by atoms with E-state index in [4.69, 9.17) is 24.7 Å². The van der Waals surface area contributed by atoms with Crippen molar-refractivity contribution in [2.45, 2.75) is 133 Å². The lowest BCUT2D eigenvalue weighted by Crippen LogP contribution is -2.56. The topological polar surface area (TPSA) is 398 Å². The van der Waals surface area contributed by atoms with Gasteiger partial charge in [0.15, 0.2) is 17.9 Å². The van der Waals surface area contributed by atoms with Crippen molar-refractivity contribution in [1.29, 1.82) is 0 Å². The third-order valence-electron chi connectivity index (χ3n) is 14.7. The number of carbonyl (C=O) groups is 10. The minimum atomic E-state index is -2.42. The maximum Gasteiger partial charge on any atom is 0.407 e. The van der Waals surface area contributed by atoms with E-state index in [1.165, 1.54) is 56.5 Å². The Morgan fingerprint density at radius 2 is 1.57 bits per heavy atom. The number of nitrogens with two attached hydrogens (primary N) is 1. The molecule has 2 aliphatic carbocycles. The molecule has 1 fully saturated rings. The average molecular weight is 1140 g/mol. The number of amides is 8. The number of fused-ring (bicyclic) bond motifs is 3. The van der Waals surface area contributed by atoms with Gasteiger partial charge in [-0.15, -0.1) is 0 Å². The number of phenolic OH excluding ortho intramolecular Hbond substituents is 2. The fourth-order valence-corrected chi connectivity index (χ4v) is 10.3. The molecule has 7 rings (SSSR count).